The van der Waals surface area contributed by atoms with Crippen molar-refractivity contribution >= 4 is 36.5 Å². The van der Waals surface area contributed by atoms with Gasteiger partial charge in [-0.05, 0) is 46.0 Å². The standard InChI is InChI=1S/C38H33N2O13P/c1-2-17-49-37(43)32(39-38(44)50-22-31-28-12-6-4-10-26(28)27-11-5-7-13-29(27)31)18-24-19-35(42)52-36-25(24)15-16-34(30(36)20-41)53-54(47,48)51-21-23-9-3-8-14-33(23)40(45)46/h2-16,19,31-32,41H,1,17-18,20-22H2,(H,39,44)(H,47,48)/t32-/m0/s1. The second kappa shape index (κ2) is 16.3. The molecule has 0 fully saturated rings. The van der Waals surface area contributed by atoms with Gasteiger partial charge in [-0.15, -0.1) is 0 Å². The van der Waals surface area contributed by atoms with Crippen molar-refractivity contribution in [3.8, 4) is 16.9 Å². The van der Waals surface area contributed by atoms with Crippen LogP contribution in [0.4, 0.5) is 10.5 Å². The van der Waals surface area contributed by atoms with Gasteiger partial charge in [-0.25, -0.2) is 18.9 Å². The molecular formula is C38H33N2O13P. The van der Waals surface area contributed by atoms with E-state index in [1.165, 1.54) is 42.5 Å². The van der Waals surface area contributed by atoms with E-state index in [4.69, 9.17) is 22.9 Å². The Labute approximate surface area is 307 Å². The number of nitrogens with one attached hydrogen (secondary N) is 1. The van der Waals surface area contributed by atoms with E-state index in [1.54, 1.807) is 0 Å². The number of benzene rings is 4. The van der Waals surface area contributed by atoms with Gasteiger partial charge in [0.15, 0.2) is 0 Å². The fraction of sp³-hybridized carbons (Fsp3) is 0.184. The average molecular weight is 757 g/mol. The Hall–Kier alpha value is -6.12. The van der Waals surface area contributed by atoms with E-state index in [1.807, 2.05) is 48.5 Å². The van der Waals surface area contributed by atoms with E-state index >= 15 is 0 Å². The number of ether oxygens (including phenoxy) is 2. The lowest BCUT2D eigenvalue weighted by molar-refractivity contribution is -0.385. The number of hydrogen-bond acceptors (Lipinski definition) is 12. The number of carbonyl (C=O) groups excluding carboxylic acids is 2. The maximum Gasteiger partial charge on any atom is 0.527 e. The minimum atomic E-state index is -4.97. The number of nitrogens with zero attached hydrogens (tertiary/aromatic N) is 1. The van der Waals surface area contributed by atoms with E-state index in [2.05, 4.69) is 11.9 Å². The van der Waals surface area contributed by atoms with Crippen LogP contribution in [0.2, 0.25) is 0 Å². The highest BCUT2D eigenvalue weighted by molar-refractivity contribution is 7.47. The van der Waals surface area contributed by atoms with Crippen molar-refractivity contribution in [3.05, 3.63) is 152 Å². The number of aliphatic hydroxyl groups is 1. The number of fused-ring (bicyclic) bond motifs is 4. The van der Waals surface area contributed by atoms with E-state index in [-0.39, 0.29) is 58.9 Å². The number of alkyl carbamates (subject to hydrolysis) is 1. The molecule has 0 spiro atoms. The zero-order valence-corrected chi connectivity index (χ0v) is 29.3. The van der Waals surface area contributed by atoms with E-state index < -0.39 is 55.4 Å². The molecule has 5 aromatic rings. The monoisotopic (exact) mass is 756 g/mol. The molecule has 1 amide bonds. The minimum Gasteiger partial charge on any atom is -0.460 e. The number of amides is 1. The summed E-state index contributed by atoms with van der Waals surface area (Å²) in [5.74, 6) is -1.50. The summed E-state index contributed by atoms with van der Waals surface area (Å²) in [6.07, 6.45) is 0.121. The first-order valence-electron chi connectivity index (χ1n) is 16.5. The maximum atomic E-state index is 13.2. The summed E-state index contributed by atoms with van der Waals surface area (Å²) in [5.41, 5.74) is 2.52. The molecule has 3 N–H and O–H groups in total. The third-order valence-electron chi connectivity index (χ3n) is 8.69. The van der Waals surface area contributed by atoms with Gasteiger partial charge in [0.1, 0.15) is 30.6 Å². The zero-order chi connectivity index (χ0) is 38.4. The molecule has 2 atom stereocenters. The van der Waals surface area contributed by atoms with Crippen LogP contribution in [0.25, 0.3) is 22.1 Å². The summed E-state index contributed by atoms with van der Waals surface area (Å²) in [7, 11) is -4.97. The highest BCUT2D eigenvalue weighted by Crippen LogP contribution is 2.47. The molecule has 54 heavy (non-hydrogen) atoms. The van der Waals surface area contributed by atoms with Crippen LogP contribution in [0.3, 0.4) is 0 Å². The number of esters is 1. The van der Waals surface area contributed by atoms with Crippen LogP contribution in [0.1, 0.15) is 33.7 Å². The highest BCUT2D eigenvalue weighted by Gasteiger charge is 2.32. The molecule has 1 heterocycles. The molecule has 4 aromatic carbocycles. The summed E-state index contributed by atoms with van der Waals surface area (Å²) < 4.78 is 39.3. The van der Waals surface area contributed by atoms with Gasteiger partial charge in [-0.3, -0.25) is 19.5 Å². The fourth-order valence-electron chi connectivity index (χ4n) is 6.28. The predicted octanol–water partition coefficient (Wildman–Crippen LogP) is 6.07. The van der Waals surface area contributed by atoms with Crippen molar-refractivity contribution in [2.45, 2.75) is 31.6 Å². The second-order valence-electron chi connectivity index (χ2n) is 12.0. The van der Waals surface area contributed by atoms with E-state index in [0.717, 1.165) is 28.3 Å². The lowest BCUT2D eigenvalue weighted by Gasteiger charge is -2.20. The number of carbonyl (C=O) groups is 2. The third kappa shape index (κ3) is 8.24. The largest absolute Gasteiger partial charge is 0.527 e. The molecule has 0 radical (unpaired) electrons. The molecule has 0 bridgehead atoms. The smallest absolute Gasteiger partial charge is 0.460 e. The summed E-state index contributed by atoms with van der Waals surface area (Å²) in [4.78, 5) is 60.3. The van der Waals surface area contributed by atoms with Crippen molar-refractivity contribution in [3.63, 3.8) is 0 Å². The molecule has 1 unspecified atom stereocenters. The van der Waals surface area contributed by atoms with Crippen LogP contribution in [-0.4, -0.2) is 46.2 Å². The Balaban J connectivity index is 1.22. The number of nitro benzene ring substituents is 1. The topological polar surface area (TPSA) is 214 Å². The SMILES string of the molecule is C=CCOC(=O)[C@H](Cc1cc(=O)oc2c(CO)c(OP(=O)(O)OCc3ccccc3[N+](=O)[O-])ccc12)NC(=O)OCC1c2ccccc2-c2ccccc21. The molecule has 16 heteroatoms. The number of hydrogen-bond donors (Lipinski definition) is 3. The van der Waals surface area contributed by atoms with Crippen LogP contribution < -0.4 is 15.5 Å². The van der Waals surface area contributed by atoms with Crippen molar-refractivity contribution in [2.24, 2.45) is 0 Å². The molecule has 1 aromatic heterocycles. The van der Waals surface area contributed by atoms with Gasteiger partial charge in [0.05, 0.1) is 29.3 Å². The molecular weight excluding hydrogens is 723 g/mol. The number of aliphatic hydroxyl groups excluding tert-OH is 1. The van der Waals surface area contributed by atoms with Crippen molar-refractivity contribution < 1.29 is 52.0 Å². The van der Waals surface area contributed by atoms with Gasteiger partial charge in [0.2, 0.25) is 0 Å². The molecule has 1 aliphatic rings. The normalized spacial score (nSPS) is 13.6. The number of para-hydroxylation sites is 1. The summed E-state index contributed by atoms with van der Waals surface area (Å²) in [6, 6.07) is 23.3. The predicted molar refractivity (Wildman–Crippen MR) is 194 cm³/mol. The lowest BCUT2D eigenvalue weighted by Crippen LogP contribution is -2.44. The maximum absolute atomic E-state index is 13.2. The van der Waals surface area contributed by atoms with Crippen LogP contribution >= 0.6 is 7.82 Å². The number of nitro groups is 1. The molecule has 6 rings (SSSR count). The first kappa shape index (κ1) is 37.6. The van der Waals surface area contributed by atoms with Gasteiger partial charge in [-0.2, -0.15) is 0 Å². The molecule has 1 aliphatic carbocycles. The minimum absolute atomic E-state index is 0.00442. The van der Waals surface area contributed by atoms with Gasteiger partial charge in [0.25, 0.3) is 5.69 Å². The van der Waals surface area contributed by atoms with Gasteiger partial charge in [-0.1, -0.05) is 73.3 Å². The Bertz CT molecular complexity index is 2310. The molecule has 0 saturated carbocycles. The summed E-state index contributed by atoms with van der Waals surface area (Å²) in [6.45, 7) is 1.83. The van der Waals surface area contributed by atoms with Crippen molar-refractivity contribution in [2.75, 3.05) is 13.2 Å². The fourth-order valence-corrected chi connectivity index (χ4v) is 7.06. The second-order valence-corrected chi connectivity index (χ2v) is 13.4. The first-order chi connectivity index (χ1) is 26.0. The summed E-state index contributed by atoms with van der Waals surface area (Å²) >= 11 is 0. The number of phosphoric ester groups is 1. The lowest BCUT2D eigenvalue weighted by atomic mass is 9.98. The average Bonchev–Trinajstić information content (AvgIpc) is 3.48. The van der Waals surface area contributed by atoms with Crippen LogP contribution in [0, 0.1) is 10.1 Å². The quantitative estimate of drug-likeness (QED) is 0.0277. The van der Waals surface area contributed by atoms with Crippen molar-refractivity contribution in [1.82, 2.24) is 5.32 Å². The van der Waals surface area contributed by atoms with Crippen LogP contribution in [0.15, 0.2) is 113 Å². The van der Waals surface area contributed by atoms with Gasteiger partial charge in [0, 0.05) is 29.9 Å². The Kier molecular flexibility index (Phi) is 11.3. The third-order valence-corrected chi connectivity index (χ3v) is 9.57. The Morgan fingerprint density at radius 3 is 2.31 bits per heavy atom. The van der Waals surface area contributed by atoms with E-state index in [0.29, 0.717) is 0 Å². The van der Waals surface area contributed by atoms with E-state index in [9.17, 15) is 39.1 Å². The Morgan fingerprint density at radius 2 is 1.65 bits per heavy atom. The first-order valence-corrected chi connectivity index (χ1v) is 18.0. The highest BCUT2D eigenvalue weighted by atomic mass is 31.2. The van der Waals surface area contributed by atoms with Crippen LogP contribution in [0.5, 0.6) is 5.75 Å². The Morgan fingerprint density at radius 1 is 0.981 bits per heavy atom. The summed E-state index contributed by atoms with van der Waals surface area (Å²) in [5, 5.41) is 24.3. The van der Waals surface area contributed by atoms with Gasteiger partial charge >= 0.3 is 25.5 Å². The molecule has 0 saturated heterocycles. The number of rotatable bonds is 15. The number of phosphoric acid groups is 1. The zero-order valence-electron chi connectivity index (χ0n) is 28.4. The van der Waals surface area contributed by atoms with Crippen LogP contribution in [-0.2, 0) is 43.0 Å². The molecule has 15 nitrogen and oxygen atoms in total. The van der Waals surface area contributed by atoms with Gasteiger partial charge < -0.3 is 28.8 Å². The van der Waals surface area contributed by atoms with Crippen molar-refractivity contribution in [1.29, 1.82) is 0 Å². The molecule has 0 aliphatic heterocycles. The molecule has 278 valence electrons.